The van der Waals surface area contributed by atoms with Crippen molar-refractivity contribution in [2.75, 3.05) is 11.4 Å². The molecule has 0 aliphatic carbocycles. The fourth-order valence-electron chi connectivity index (χ4n) is 2.47. The minimum atomic E-state index is -0.476. The number of carbonyl (C=O) groups excluding carboxylic acids is 1. The highest BCUT2D eigenvalue weighted by Gasteiger charge is 2.22. The van der Waals surface area contributed by atoms with E-state index in [1.165, 1.54) is 18.6 Å². The van der Waals surface area contributed by atoms with Gasteiger partial charge in [0, 0.05) is 36.0 Å². The van der Waals surface area contributed by atoms with Gasteiger partial charge in [0.05, 0.1) is 4.92 Å². The number of hydrogen-bond donors (Lipinski definition) is 0. The van der Waals surface area contributed by atoms with Crippen molar-refractivity contribution in [3.63, 3.8) is 0 Å². The minimum absolute atomic E-state index is 0.0366. The highest BCUT2D eigenvalue weighted by Crippen LogP contribution is 2.29. The lowest BCUT2D eigenvalue weighted by atomic mass is 10.0. The zero-order chi connectivity index (χ0) is 13.1. The number of benzene rings is 1. The molecule has 0 bridgehead atoms. The number of aldehydes is 1. The molecule has 1 aromatic carbocycles. The molecule has 0 amide bonds. The number of nitro benzene ring substituents is 1. The predicted molar refractivity (Wildman–Crippen MR) is 69.1 cm³/mol. The molecule has 1 aliphatic heterocycles. The Bertz CT molecular complexity index is 473. The molecule has 0 N–H and O–H groups in total. The Morgan fingerprint density at radius 2 is 2.22 bits per heavy atom. The van der Waals surface area contributed by atoms with Crippen LogP contribution in [0.15, 0.2) is 18.2 Å². The first-order valence-electron chi connectivity index (χ1n) is 6.13. The summed E-state index contributed by atoms with van der Waals surface area (Å²) in [7, 11) is 0. The molecule has 0 aromatic heterocycles. The first-order chi connectivity index (χ1) is 8.63. The van der Waals surface area contributed by atoms with Crippen molar-refractivity contribution >= 4 is 17.7 Å². The standard InChI is InChI=1S/C13H16N2O3/c1-10-4-2-3-7-14(10)13-6-5-12(15(17)18)8-11(13)9-16/h5-6,8-10H,2-4,7H2,1H3. The van der Waals surface area contributed by atoms with Crippen molar-refractivity contribution in [1.29, 1.82) is 0 Å². The lowest BCUT2D eigenvalue weighted by Gasteiger charge is -2.36. The van der Waals surface area contributed by atoms with Crippen LogP contribution in [0.5, 0.6) is 0 Å². The van der Waals surface area contributed by atoms with E-state index in [4.69, 9.17) is 0 Å². The van der Waals surface area contributed by atoms with Gasteiger partial charge >= 0.3 is 0 Å². The molecular formula is C13H16N2O3. The van der Waals surface area contributed by atoms with Crippen molar-refractivity contribution in [1.82, 2.24) is 0 Å². The first-order valence-corrected chi connectivity index (χ1v) is 6.13. The fraction of sp³-hybridized carbons (Fsp3) is 0.462. The van der Waals surface area contributed by atoms with Crippen LogP contribution in [0, 0.1) is 10.1 Å². The van der Waals surface area contributed by atoms with Crippen LogP contribution in [-0.4, -0.2) is 23.8 Å². The number of nitro groups is 1. The van der Waals surface area contributed by atoms with E-state index >= 15 is 0 Å². The van der Waals surface area contributed by atoms with Crippen molar-refractivity contribution in [3.05, 3.63) is 33.9 Å². The zero-order valence-electron chi connectivity index (χ0n) is 10.3. The van der Waals surface area contributed by atoms with E-state index in [9.17, 15) is 14.9 Å². The first kappa shape index (κ1) is 12.5. The maximum atomic E-state index is 11.1. The van der Waals surface area contributed by atoms with Crippen LogP contribution in [0.25, 0.3) is 0 Å². The molecule has 18 heavy (non-hydrogen) atoms. The quantitative estimate of drug-likeness (QED) is 0.468. The van der Waals surface area contributed by atoms with Crippen LogP contribution in [-0.2, 0) is 0 Å². The highest BCUT2D eigenvalue weighted by molar-refractivity contribution is 5.86. The summed E-state index contributed by atoms with van der Waals surface area (Å²) in [5.74, 6) is 0. The van der Waals surface area contributed by atoms with Crippen molar-refractivity contribution in [2.24, 2.45) is 0 Å². The molecule has 0 saturated carbocycles. The molecule has 1 heterocycles. The van der Waals surface area contributed by atoms with Crippen LogP contribution >= 0.6 is 0 Å². The molecule has 1 fully saturated rings. The summed E-state index contributed by atoms with van der Waals surface area (Å²) in [5, 5.41) is 10.7. The molecule has 1 unspecified atom stereocenters. The van der Waals surface area contributed by atoms with E-state index in [0.29, 0.717) is 17.9 Å². The van der Waals surface area contributed by atoms with Gasteiger partial charge in [0.2, 0.25) is 0 Å². The normalized spacial score (nSPS) is 19.6. The van der Waals surface area contributed by atoms with Gasteiger partial charge in [-0.3, -0.25) is 14.9 Å². The Hall–Kier alpha value is -1.91. The van der Waals surface area contributed by atoms with Gasteiger partial charge in [-0.15, -0.1) is 0 Å². The Morgan fingerprint density at radius 3 is 2.83 bits per heavy atom. The van der Waals surface area contributed by atoms with Gasteiger partial charge in [-0.05, 0) is 32.3 Å². The van der Waals surface area contributed by atoms with Crippen molar-refractivity contribution < 1.29 is 9.72 Å². The Labute approximate surface area is 106 Å². The molecule has 0 spiro atoms. The largest absolute Gasteiger partial charge is 0.368 e. The number of carbonyl (C=O) groups is 1. The lowest BCUT2D eigenvalue weighted by molar-refractivity contribution is -0.384. The predicted octanol–water partition coefficient (Wildman–Crippen LogP) is 2.79. The molecule has 1 saturated heterocycles. The number of piperidine rings is 1. The molecule has 1 aromatic rings. The second-order valence-corrected chi connectivity index (χ2v) is 4.66. The number of hydrogen-bond acceptors (Lipinski definition) is 4. The Morgan fingerprint density at radius 1 is 1.44 bits per heavy atom. The summed E-state index contributed by atoms with van der Waals surface area (Å²) in [6.07, 6.45) is 4.08. The van der Waals surface area contributed by atoms with Gasteiger partial charge < -0.3 is 4.90 Å². The zero-order valence-corrected chi connectivity index (χ0v) is 10.3. The van der Waals surface area contributed by atoms with Crippen LogP contribution in [0.2, 0.25) is 0 Å². The lowest BCUT2D eigenvalue weighted by Crippen LogP contribution is -2.38. The monoisotopic (exact) mass is 248 g/mol. The molecular weight excluding hydrogens is 232 g/mol. The molecule has 1 aliphatic rings. The summed E-state index contributed by atoms with van der Waals surface area (Å²) in [5.41, 5.74) is 1.17. The second-order valence-electron chi connectivity index (χ2n) is 4.66. The van der Waals surface area contributed by atoms with E-state index < -0.39 is 4.92 Å². The molecule has 1 atom stereocenters. The summed E-state index contributed by atoms with van der Waals surface area (Å²) in [4.78, 5) is 23.5. The molecule has 0 radical (unpaired) electrons. The van der Waals surface area contributed by atoms with Crippen LogP contribution in [0.3, 0.4) is 0 Å². The highest BCUT2D eigenvalue weighted by atomic mass is 16.6. The third kappa shape index (κ3) is 2.34. The van der Waals surface area contributed by atoms with E-state index in [-0.39, 0.29) is 5.69 Å². The van der Waals surface area contributed by atoms with E-state index in [1.54, 1.807) is 6.07 Å². The van der Waals surface area contributed by atoms with Crippen LogP contribution in [0.4, 0.5) is 11.4 Å². The maximum Gasteiger partial charge on any atom is 0.270 e. The molecule has 5 nitrogen and oxygen atoms in total. The summed E-state index contributed by atoms with van der Waals surface area (Å²) < 4.78 is 0. The number of non-ortho nitro benzene ring substituents is 1. The maximum absolute atomic E-state index is 11.1. The van der Waals surface area contributed by atoms with Crippen molar-refractivity contribution in [2.45, 2.75) is 32.2 Å². The van der Waals surface area contributed by atoms with Crippen molar-refractivity contribution in [3.8, 4) is 0 Å². The Kier molecular flexibility index (Phi) is 3.60. The summed E-state index contributed by atoms with van der Waals surface area (Å²) >= 11 is 0. The summed E-state index contributed by atoms with van der Waals surface area (Å²) in [6, 6.07) is 4.87. The Balaban J connectivity index is 2.37. The molecule has 2 rings (SSSR count). The van der Waals surface area contributed by atoms with Gasteiger partial charge in [-0.25, -0.2) is 0 Å². The number of nitrogens with zero attached hydrogens (tertiary/aromatic N) is 2. The molecule has 96 valence electrons. The topological polar surface area (TPSA) is 63.4 Å². The van der Waals surface area contributed by atoms with Gasteiger partial charge in [-0.1, -0.05) is 0 Å². The second kappa shape index (κ2) is 5.16. The minimum Gasteiger partial charge on any atom is -0.368 e. The van der Waals surface area contributed by atoms with Crippen LogP contribution < -0.4 is 4.90 Å². The van der Waals surface area contributed by atoms with E-state index in [1.807, 2.05) is 0 Å². The fourth-order valence-corrected chi connectivity index (χ4v) is 2.47. The van der Waals surface area contributed by atoms with E-state index in [0.717, 1.165) is 25.1 Å². The smallest absolute Gasteiger partial charge is 0.270 e. The molecule has 5 heteroatoms. The van der Waals surface area contributed by atoms with Gasteiger partial charge in [0.25, 0.3) is 5.69 Å². The SMILES string of the molecule is CC1CCCCN1c1ccc([N+](=O)[O-])cc1C=O. The average molecular weight is 248 g/mol. The number of rotatable bonds is 3. The van der Waals surface area contributed by atoms with E-state index in [2.05, 4.69) is 11.8 Å². The third-order valence-corrected chi connectivity index (χ3v) is 3.46. The van der Waals surface area contributed by atoms with Crippen LogP contribution in [0.1, 0.15) is 36.5 Å². The summed E-state index contributed by atoms with van der Waals surface area (Å²) in [6.45, 7) is 3.02. The van der Waals surface area contributed by atoms with Gasteiger partial charge in [0.15, 0.2) is 6.29 Å². The third-order valence-electron chi connectivity index (χ3n) is 3.46. The van der Waals surface area contributed by atoms with Gasteiger partial charge in [0.1, 0.15) is 0 Å². The van der Waals surface area contributed by atoms with Gasteiger partial charge in [-0.2, -0.15) is 0 Å². The average Bonchev–Trinajstić information content (AvgIpc) is 2.38. The number of anilines is 1.